The Morgan fingerprint density at radius 2 is 1.79 bits per heavy atom. The van der Waals surface area contributed by atoms with Gasteiger partial charge in [-0.1, -0.05) is 0 Å². The van der Waals surface area contributed by atoms with Gasteiger partial charge in [0.2, 0.25) is 0 Å². The van der Waals surface area contributed by atoms with E-state index in [1.54, 1.807) is 6.20 Å². The molecule has 34 heavy (non-hydrogen) atoms. The van der Waals surface area contributed by atoms with E-state index in [1.165, 1.54) is 12.3 Å². The molecule has 0 saturated carbocycles. The number of aryl methyl sites for hydroxylation is 2. The Morgan fingerprint density at radius 1 is 0.941 bits per heavy atom. The normalized spacial score (nSPS) is 18.9. The van der Waals surface area contributed by atoms with Crippen LogP contribution in [-0.2, 0) is 10.9 Å². The predicted octanol–water partition coefficient (Wildman–Crippen LogP) is 5.75. The second-order valence-corrected chi connectivity index (χ2v) is 8.50. The van der Waals surface area contributed by atoms with Crippen LogP contribution in [0.4, 0.5) is 13.2 Å². The number of hydrogen-bond acceptors (Lipinski definition) is 6. The molecule has 6 nitrogen and oxygen atoms in total. The Kier molecular flexibility index (Phi) is 5.73. The van der Waals surface area contributed by atoms with Crippen LogP contribution in [0.2, 0.25) is 0 Å². The van der Waals surface area contributed by atoms with E-state index in [1.807, 2.05) is 38.1 Å². The van der Waals surface area contributed by atoms with Crippen LogP contribution >= 0.6 is 0 Å². The smallest absolute Gasteiger partial charge is 0.373 e. The molecule has 0 amide bonds. The number of rotatable bonds is 3. The Labute approximate surface area is 194 Å². The van der Waals surface area contributed by atoms with Crippen LogP contribution in [-0.4, -0.2) is 31.5 Å². The summed E-state index contributed by atoms with van der Waals surface area (Å²) in [7, 11) is 0. The van der Waals surface area contributed by atoms with Gasteiger partial charge < -0.3 is 4.74 Å². The first-order valence-electron chi connectivity index (χ1n) is 11.0. The van der Waals surface area contributed by atoms with Crippen LogP contribution in [0, 0.1) is 13.8 Å². The molecular weight excluding hydrogens is 443 g/mol. The fourth-order valence-corrected chi connectivity index (χ4v) is 4.26. The number of fused-ring (bicyclic) bond motifs is 1. The molecule has 1 aliphatic rings. The van der Waals surface area contributed by atoms with Crippen LogP contribution in [0.3, 0.4) is 0 Å². The maximum Gasteiger partial charge on any atom is 0.433 e. The van der Waals surface area contributed by atoms with Crippen molar-refractivity contribution in [2.45, 2.75) is 44.9 Å². The van der Waals surface area contributed by atoms with E-state index in [4.69, 9.17) is 14.7 Å². The molecule has 4 aromatic rings. The topological polar surface area (TPSA) is 73.7 Å². The second-order valence-electron chi connectivity index (χ2n) is 8.50. The standard InChI is InChI=1S/C25H22F3N5O/c1-14-3-5-19-22(18-4-6-21(30-13-18)25(26,27)28)32-23(33-24(19)31-14)17-8-10-34-20(12-17)16-7-9-29-15(2)11-16/h3-7,9,11,13,17,20H,8,10,12H2,1-2H3/t17-,20+/m1/s1. The number of hydrogen-bond donors (Lipinski definition) is 0. The summed E-state index contributed by atoms with van der Waals surface area (Å²) in [5.74, 6) is 0.625. The molecule has 0 N–H and O–H groups in total. The molecule has 1 fully saturated rings. The van der Waals surface area contributed by atoms with E-state index in [0.717, 1.165) is 29.4 Å². The third-order valence-electron chi connectivity index (χ3n) is 5.99. The monoisotopic (exact) mass is 465 g/mol. The minimum atomic E-state index is -4.50. The fourth-order valence-electron chi connectivity index (χ4n) is 4.26. The third kappa shape index (κ3) is 4.48. The number of alkyl halides is 3. The molecule has 174 valence electrons. The quantitative estimate of drug-likeness (QED) is 0.383. The van der Waals surface area contributed by atoms with E-state index in [9.17, 15) is 13.2 Å². The summed E-state index contributed by atoms with van der Waals surface area (Å²) in [6.07, 6.45) is -0.207. The van der Waals surface area contributed by atoms with Crippen LogP contribution in [0.15, 0.2) is 48.8 Å². The molecule has 0 aliphatic carbocycles. The van der Waals surface area contributed by atoms with Crippen molar-refractivity contribution in [2.75, 3.05) is 6.61 Å². The van der Waals surface area contributed by atoms with Crippen LogP contribution < -0.4 is 0 Å². The van der Waals surface area contributed by atoms with Crippen molar-refractivity contribution < 1.29 is 17.9 Å². The van der Waals surface area contributed by atoms with Crippen molar-refractivity contribution in [3.63, 3.8) is 0 Å². The number of aromatic nitrogens is 5. The second kappa shape index (κ2) is 8.72. The lowest BCUT2D eigenvalue weighted by Gasteiger charge is -2.29. The predicted molar refractivity (Wildman–Crippen MR) is 120 cm³/mol. The van der Waals surface area contributed by atoms with E-state index < -0.39 is 11.9 Å². The van der Waals surface area contributed by atoms with Gasteiger partial charge in [-0.3, -0.25) is 9.97 Å². The van der Waals surface area contributed by atoms with Gasteiger partial charge in [0.05, 0.1) is 11.8 Å². The summed E-state index contributed by atoms with van der Waals surface area (Å²) >= 11 is 0. The molecule has 0 aromatic carbocycles. The lowest BCUT2D eigenvalue weighted by Crippen LogP contribution is -2.21. The van der Waals surface area contributed by atoms with Gasteiger partial charge in [-0.25, -0.2) is 15.0 Å². The molecule has 0 radical (unpaired) electrons. The summed E-state index contributed by atoms with van der Waals surface area (Å²) in [6.45, 7) is 4.36. The summed E-state index contributed by atoms with van der Waals surface area (Å²) < 4.78 is 45.1. The molecule has 1 aliphatic heterocycles. The van der Waals surface area contributed by atoms with Crippen molar-refractivity contribution in [2.24, 2.45) is 0 Å². The highest BCUT2D eigenvalue weighted by Gasteiger charge is 2.32. The summed E-state index contributed by atoms with van der Waals surface area (Å²) in [4.78, 5) is 22.0. The van der Waals surface area contributed by atoms with Crippen molar-refractivity contribution in [3.8, 4) is 11.3 Å². The SMILES string of the molecule is Cc1cc([C@@H]2C[C@H](c3nc(-c4ccc(C(F)(F)F)nc4)c4ccc(C)nc4n3)CCO2)ccn1. The van der Waals surface area contributed by atoms with Gasteiger partial charge in [0.1, 0.15) is 11.5 Å². The average molecular weight is 465 g/mol. The summed E-state index contributed by atoms with van der Waals surface area (Å²) in [5, 5.41) is 0.671. The summed E-state index contributed by atoms with van der Waals surface area (Å²) in [6, 6.07) is 10.0. The van der Waals surface area contributed by atoms with Gasteiger partial charge >= 0.3 is 6.18 Å². The zero-order valence-corrected chi connectivity index (χ0v) is 18.7. The number of nitrogens with zero attached hydrogens (tertiary/aromatic N) is 5. The minimum absolute atomic E-state index is 0.0140. The molecule has 4 aromatic heterocycles. The lowest BCUT2D eigenvalue weighted by atomic mass is 9.91. The molecule has 0 unspecified atom stereocenters. The maximum atomic E-state index is 13.0. The van der Waals surface area contributed by atoms with Gasteiger partial charge in [0.15, 0.2) is 5.65 Å². The van der Waals surface area contributed by atoms with E-state index in [0.29, 0.717) is 41.1 Å². The van der Waals surface area contributed by atoms with Crippen LogP contribution in [0.5, 0.6) is 0 Å². The molecule has 0 spiro atoms. The Hall–Kier alpha value is -3.46. The molecule has 9 heteroatoms. The molecule has 0 bridgehead atoms. The zero-order valence-electron chi connectivity index (χ0n) is 18.7. The first kappa shape index (κ1) is 22.3. The van der Waals surface area contributed by atoms with Gasteiger partial charge in [-0.15, -0.1) is 0 Å². The van der Waals surface area contributed by atoms with E-state index >= 15 is 0 Å². The van der Waals surface area contributed by atoms with E-state index in [2.05, 4.69) is 15.0 Å². The highest BCUT2D eigenvalue weighted by Crippen LogP contribution is 2.38. The average Bonchev–Trinajstić information content (AvgIpc) is 2.83. The summed E-state index contributed by atoms with van der Waals surface area (Å²) in [5.41, 5.74) is 3.36. The highest BCUT2D eigenvalue weighted by molar-refractivity contribution is 5.90. The lowest BCUT2D eigenvalue weighted by molar-refractivity contribution is -0.141. The van der Waals surface area contributed by atoms with Crippen molar-refractivity contribution in [3.05, 3.63) is 77.3 Å². The minimum Gasteiger partial charge on any atom is -0.373 e. The molecule has 1 saturated heterocycles. The maximum absolute atomic E-state index is 13.0. The van der Waals surface area contributed by atoms with Crippen molar-refractivity contribution in [1.82, 2.24) is 24.9 Å². The molecule has 5 heterocycles. The van der Waals surface area contributed by atoms with E-state index in [-0.39, 0.29) is 12.0 Å². The van der Waals surface area contributed by atoms with Gasteiger partial charge in [0.25, 0.3) is 0 Å². The van der Waals surface area contributed by atoms with Gasteiger partial charge in [-0.2, -0.15) is 13.2 Å². The highest BCUT2D eigenvalue weighted by atomic mass is 19.4. The fraction of sp³-hybridized carbons (Fsp3) is 0.320. The Bertz CT molecular complexity index is 1340. The van der Waals surface area contributed by atoms with Crippen molar-refractivity contribution in [1.29, 1.82) is 0 Å². The van der Waals surface area contributed by atoms with Gasteiger partial charge in [0, 0.05) is 47.3 Å². The van der Waals surface area contributed by atoms with Crippen LogP contribution in [0.1, 0.15) is 53.3 Å². The van der Waals surface area contributed by atoms with Gasteiger partial charge in [-0.05, 0) is 68.7 Å². The largest absolute Gasteiger partial charge is 0.433 e. The van der Waals surface area contributed by atoms with Crippen LogP contribution in [0.25, 0.3) is 22.3 Å². The molecule has 2 atom stereocenters. The third-order valence-corrected chi connectivity index (χ3v) is 5.99. The van der Waals surface area contributed by atoms with Crippen molar-refractivity contribution >= 4 is 11.0 Å². The number of halogens is 3. The number of ether oxygens (including phenoxy) is 1. The first-order valence-corrected chi connectivity index (χ1v) is 11.0. The number of pyridine rings is 3. The Balaban J connectivity index is 1.55. The molecule has 5 rings (SSSR count). The zero-order chi connectivity index (χ0) is 23.9. The Morgan fingerprint density at radius 3 is 2.53 bits per heavy atom. The first-order chi connectivity index (χ1) is 16.3. The molecular formula is C25H22F3N5O.